The van der Waals surface area contributed by atoms with E-state index >= 15 is 0 Å². The molecular formula is C19H24N2NaO3. The van der Waals surface area contributed by atoms with Crippen LogP contribution in [0.4, 0.5) is 4.79 Å². The van der Waals surface area contributed by atoms with E-state index in [1.165, 1.54) is 25.7 Å². The number of urea groups is 1. The maximum absolute atomic E-state index is 12.6. The Morgan fingerprint density at radius 1 is 0.920 bits per heavy atom. The van der Waals surface area contributed by atoms with Gasteiger partial charge in [-0.2, -0.15) is 0 Å². The summed E-state index contributed by atoms with van der Waals surface area (Å²) in [6, 6.07) is 9.12. The minimum atomic E-state index is -1.13. The van der Waals surface area contributed by atoms with Crippen molar-refractivity contribution in [3.05, 3.63) is 35.9 Å². The standard InChI is InChI=1S/C19H24N2O3.Na/c22-16-19(17(23)21-18(24)20-16,13-11-15-8-4-5-9-15)12-10-14-6-2-1-3-7-14;/h1-3,6-7,15H,4-5,8-13H2,(H2,20,21,22,23,24);. The summed E-state index contributed by atoms with van der Waals surface area (Å²) >= 11 is 0. The van der Waals surface area contributed by atoms with Crippen molar-refractivity contribution in [1.82, 2.24) is 10.6 Å². The molecule has 0 unspecified atom stereocenters. The molecule has 0 bridgehead atoms. The molecule has 1 radical (unpaired) electrons. The first-order chi connectivity index (χ1) is 11.6. The molecule has 1 heterocycles. The molecule has 0 atom stereocenters. The van der Waals surface area contributed by atoms with Crippen LogP contribution < -0.4 is 10.6 Å². The molecule has 6 heteroatoms. The molecule has 0 aromatic heterocycles. The SMILES string of the molecule is O=C1NC(=O)C(CCc2ccccc2)(CCC2CCCC2)C(=O)N1.[Na]. The van der Waals surface area contributed by atoms with Gasteiger partial charge >= 0.3 is 6.03 Å². The Morgan fingerprint density at radius 3 is 2.12 bits per heavy atom. The molecule has 1 aliphatic carbocycles. The first kappa shape index (κ1) is 20.1. The smallest absolute Gasteiger partial charge is 0.277 e. The molecular weight excluding hydrogens is 327 g/mol. The summed E-state index contributed by atoms with van der Waals surface area (Å²) < 4.78 is 0. The van der Waals surface area contributed by atoms with Crippen LogP contribution in [-0.2, 0) is 16.0 Å². The predicted octanol–water partition coefficient (Wildman–Crippen LogP) is 2.56. The summed E-state index contributed by atoms with van der Waals surface area (Å²) in [6.07, 6.45) is 7.26. The van der Waals surface area contributed by atoms with Gasteiger partial charge in [0.2, 0.25) is 11.8 Å². The van der Waals surface area contributed by atoms with Crippen LogP contribution in [0.5, 0.6) is 0 Å². The number of amides is 4. The van der Waals surface area contributed by atoms with Gasteiger partial charge in [-0.15, -0.1) is 0 Å². The molecule has 2 fully saturated rings. The number of aryl methyl sites for hydroxylation is 1. The molecule has 1 aliphatic heterocycles. The van der Waals surface area contributed by atoms with Gasteiger partial charge in [-0.25, -0.2) is 4.79 Å². The zero-order valence-electron chi connectivity index (χ0n) is 14.8. The average molecular weight is 351 g/mol. The number of barbiturate groups is 1. The molecule has 5 nitrogen and oxygen atoms in total. The first-order valence-electron chi connectivity index (χ1n) is 8.81. The van der Waals surface area contributed by atoms with Crippen LogP contribution in [0.3, 0.4) is 0 Å². The van der Waals surface area contributed by atoms with Gasteiger partial charge in [-0.3, -0.25) is 20.2 Å². The molecule has 3 rings (SSSR count). The number of nitrogens with one attached hydrogen (secondary N) is 2. The Kier molecular flexibility index (Phi) is 7.23. The van der Waals surface area contributed by atoms with Crippen molar-refractivity contribution in [1.29, 1.82) is 0 Å². The van der Waals surface area contributed by atoms with E-state index < -0.39 is 23.3 Å². The Bertz CT molecular complexity index is 607. The molecule has 129 valence electrons. The summed E-state index contributed by atoms with van der Waals surface area (Å²) in [6.45, 7) is 0. The second-order valence-electron chi connectivity index (χ2n) is 6.99. The second-order valence-corrected chi connectivity index (χ2v) is 6.99. The van der Waals surface area contributed by atoms with Gasteiger partial charge in [0.15, 0.2) is 0 Å². The minimum absolute atomic E-state index is 0. The number of carbonyl (C=O) groups is 3. The Labute approximate surface area is 170 Å². The molecule has 1 aromatic carbocycles. The number of hydrogen-bond donors (Lipinski definition) is 2. The van der Waals surface area contributed by atoms with Crippen LogP contribution in [0.15, 0.2) is 30.3 Å². The molecule has 1 saturated heterocycles. The van der Waals surface area contributed by atoms with Gasteiger partial charge in [0.05, 0.1) is 0 Å². The second kappa shape index (κ2) is 8.97. The maximum Gasteiger partial charge on any atom is 0.328 e. The van der Waals surface area contributed by atoms with Crippen LogP contribution in [-0.4, -0.2) is 47.4 Å². The molecule has 1 aromatic rings. The fraction of sp³-hybridized carbons (Fsp3) is 0.526. The topological polar surface area (TPSA) is 75.3 Å². The van der Waals surface area contributed by atoms with Crippen molar-refractivity contribution >= 4 is 47.4 Å². The summed E-state index contributed by atoms with van der Waals surface area (Å²) in [5.41, 5.74) is -0.0398. The van der Waals surface area contributed by atoms with Crippen molar-refractivity contribution < 1.29 is 14.4 Å². The number of carbonyl (C=O) groups excluding carboxylic acids is 3. The number of imide groups is 2. The summed E-state index contributed by atoms with van der Waals surface area (Å²) in [4.78, 5) is 36.6. The molecule has 25 heavy (non-hydrogen) atoms. The van der Waals surface area contributed by atoms with E-state index in [-0.39, 0.29) is 29.6 Å². The van der Waals surface area contributed by atoms with E-state index in [0.29, 0.717) is 25.2 Å². The van der Waals surface area contributed by atoms with Gasteiger partial charge in [0, 0.05) is 29.6 Å². The van der Waals surface area contributed by atoms with Gasteiger partial charge in [0.25, 0.3) is 0 Å². The Balaban J connectivity index is 0.00000225. The van der Waals surface area contributed by atoms with Crippen molar-refractivity contribution in [3.8, 4) is 0 Å². The summed E-state index contributed by atoms with van der Waals surface area (Å²) in [7, 11) is 0. The van der Waals surface area contributed by atoms with Crippen molar-refractivity contribution in [2.45, 2.75) is 51.4 Å². The third kappa shape index (κ3) is 4.72. The minimum Gasteiger partial charge on any atom is -0.277 e. The average Bonchev–Trinajstić information content (AvgIpc) is 3.08. The number of benzene rings is 1. The first-order valence-corrected chi connectivity index (χ1v) is 8.81. The third-order valence-corrected chi connectivity index (χ3v) is 5.46. The molecule has 4 amide bonds. The van der Waals surface area contributed by atoms with Crippen molar-refractivity contribution in [2.24, 2.45) is 11.3 Å². The number of hydrogen-bond acceptors (Lipinski definition) is 3. The normalized spacial score (nSPS) is 19.9. The van der Waals surface area contributed by atoms with Crippen molar-refractivity contribution in [3.63, 3.8) is 0 Å². The predicted molar refractivity (Wildman–Crippen MR) is 95.8 cm³/mol. The van der Waals surface area contributed by atoms with Crippen LogP contribution in [0.1, 0.15) is 50.5 Å². The summed E-state index contributed by atoms with van der Waals surface area (Å²) in [5, 5.41) is 4.60. The quantitative estimate of drug-likeness (QED) is 0.611. The fourth-order valence-corrected chi connectivity index (χ4v) is 3.91. The number of rotatable bonds is 6. The van der Waals surface area contributed by atoms with Gasteiger partial charge in [0.1, 0.15) is 5.41 Å². The zero-order valence-corrected chi connectivity index (χ0v) is 16.8. The fourth-order valence-electron chi connectivity index (χ4n) is 3.91. The van der Waals surface area contributed by atoms with Crippen LogP contribution in [0, 0.1) is 11.3 Å². The van der Waals surface area contributed by atoms with Crippen molar-refractivity contribution in [2.75, 3.05) is 0 Å². The van der Waals surface area contributed by atoms with Crippen LogP contribution in [0.25, 0.3) is 0 Å². The van der Waals surface area contributed by atoms with Gasteiger partial charge < -0.3 is 0 Å². The molecule has 2 N–H and O–H groups in total. The van der Waals surface area contributed by atoms with Crippen LogP contribution >= 0.6 is 0 Å². The van der Waals surface area contributed by atoms with E-state index in [0.717, 1.165) is 12.0 Å². The largest absolute Gasteiger partial charge is 0.328 e. The Hall–Kier alpha value is -1.17. The molecule has 1 saturated carbocycles. The van der Waals surface area contributed by atoms with Gasteiger partial charge in [-0.1, -0.05) is 56.0 Å². The molecule has 2 aliphatic rings. The third-order valence-electron chi connectivity index (χ3n) is 5.46. The monoisotopic (exact) mass is 351 g/mol. The summed E-state index contributed by atoms with van der Waals surface area (Å²) in [5.74, 6) is -0.285. The molecule has 0 spiro atoms. The van der Waals surface area contributed by atoms with Crippen LogP contribution in [0.2, 0.25) is 0 Å². The van der Waals surface area contributed by atoms with E-state index in [1.54, 1.807) is 0 Å². The van der Waals surface area contributed by atoms with E-state index in [1.807, 2.05) is 30.3 Å². The Morgan fingerprint density at radius 2 is 1.52 bits per heavy atom. The van der Waals surface area contributed by atoms with E-state index in [2.05, 4.69) is 10.6 Å². The van der Waals surface area contributed by atoms with Gasteiger partial charge in [-0.05, 0) is 37.2 Å². The van der Waals surface area contributed by atoms with E-state index in [4.69, 9.17) is 0 Å². The van der Waals surface area contributed by atoms with E-state index in [9.17, 15) is 14.4 Å². The maximum atomic E-state index is 12.6. The zero-order chi connectivity index (χ0) is 17.0.